The molecule has 2 aliphatic heterocycles. The van der Waals surface area contributed by atoms with E-state index in [0.717, 1.165) is 23.4 Å². The van der Waals surface area contributed by atoms with Crippen molar-refractivity contribution in [2.75, 3.05) is 12.7 Å². The molecule has 4 atom stereocenters. The Morgan fingerprint density at radius 2 is 1.38 bits per heavy atom. The number of hydrogen-bond acceptors (Lipinski definition) is 1. The third kappa shape index (κ3) is 2.62. The summed E-state index contributed by atoms with van der Waals surface area (Å²) in [4.78, 5) is 2.76. The Labute approximate surface area is 103 Å². The smallest absolute Gasteiger partial charge is 0.00704 e. The fraction of sp³-hybridized carbons (Fsp3) is 1.00. The molecule has 0 bridgehead atoms. The molecule has 0 N–H and O–H groups in total. The Morgan fingerprint density at radius 3 is 1.88 bits per heavy atom. The third-order valence-electron chi connectivity index (χ3n) is 4.89. The van der Waals surface area contributed by atoms with Gasteiger partial charge in [0.2, 0.25) is 0 Å². The van der Waals surface area contributed by atoms with Gasteiger partial charge >= 0.3 is 0 Å². The summed E-state index contributed by atoms with van der Waals surface area (Å²) in [5.74, 6) is 0. The van der Waals surface area contributed by atoms with Crippen molar-refractivity contribution < 1.29 is 0 Å². The molecule has 2 heterocycles. The van der Waals surface area contributed by atoms with Crippen molar-refractivity contribution in [1.29, 1.82) is 0 Å². The van der Waals surface area contributed by atoms with Crippen molar-refractivity contribution >= 4 is 7.92 Å². The Balaban J connectivity index is 1.82. The van der Waals surface area contributed by atoms with Gasteiger partial charge in [0.1, 0.15) is 0 Å². The van der Waals surface area contributed by atoms with Crippen LogP contribution in [0.15, 0.2) is 0 Å². The van der Waals surface area contributed by atoms with Crippen LogP contribution < -0.4 is 0 Å². The van der Waals surface area contributed by atoms with E-state index in [1.807, 2.05) is 0 Å². The number of rotatable bonds is 3. The van der Waals surface area contributed by atoms with Gasteiger partial charge in [-0.3, -0.25) is 4.90 Å². The highest BCUT2D eigenvalue weighted by atomic mass is 31.1. The van der Waals surface area contributed by atoms with E-state index < -0.39 is 0 Å². The summed E-state index contributed by atoms with van der Waals surface area (Å²) in [5, 5.41) is 0. The average Bonchev–Trinajstić information content (AvgIpc) is 2.72. The molecule has 94 valence electrons. The highest BCUT2D eigenvalue weighted by Gasteiger charge is 2.32. The molecule has 0 saturated carbocycles. The summed E-state index contributed by atoms with van der Waals surface area (Å²) in [6.45, 7) is 11.2. The fourth-order valence-electron chi connectivity index (χ4n) is 3.61. The second-order valence-corrected chi connectivity index (χ2v) is 9.27. The Bertz CT molecular complexity index is 187. The van der Waals surface area contributed by atoms with Crippen LogP contribution in [-0.4, -0.2) is 41.0 Å². The van der Waals surface area contributed by atoms with Crippen LogP contribution in [-0.2, 0) is 0 Å². The highest BCUT2D eigenvalue weighted by Crippen LogP contribution is 2.55. The summed E-state index contributed by atoms with van der Waals surface area (Å²) in [7, 11) is 0.337. The van der Waals surface area contributed by atoms with Crippen molar-refractivity contribution in [3.8, 4) is 0 Å². The molecule has 2 saturated heterocycles. The molecule has 2 heteroatoms. The monoisotopic (exact) mass is 241 g/mol. The van der Waals surface area contributed by atoms with Crippen LogP contribution in [0.5, 0.6) is 0 Å². The fourth-order valence-corrected chi connectivity index (χ4v) is 6.78. The van der Waals surface area contributed by atoms with Gasteiger partial charge in [-0.05, 0) is 57.0 Å². The van der Waals surface area contributed by atoms with Crippen molar-refractivity contribution in [2.45, 2.75) is 76.8 Å². The van der Waals surface area contributed by atoms with E-state index >= 15 is 0 Å². The second-order valence-electron chi connectivity index (χ2n) is 6.03. The van der Waals surface area contributed by atoms with Gasteiger partial charge in [0.05, 0.1) is 0 Å². The summed E-state index contributed by atoms with van der Waals surface area (Å²) >= 11 is 0. The van der Waals surface area contributed by atoms with Gasteiger partial charge in [0, 0.05) is 18.6 Å². The van der Waals surface area contributed by atoms with E-state index in [-0.39, 0.29) is 0 Å². The lowest BCUT2D eigenvalue weighted by Crippen LogP contribution is -2.35. The van der Waals surface area contributed by atoms with Crippen LogP contribution in [0.3, 0.4) is 0 Å². The topological polar surface area (TPSA) is 3.24 Å². The van der Waals surface area contributed by atoms with E-state index in [1.54, 1.807) is 0 Å². The van der Waals surface area contributed by atoms with Crippen LogP contribution in [0.2, 0.25) is 0 Å². The first kappa shape index (κ1) is 12.8. The van der Waals surface area contributed by atoms with Crippen LogP contribution in [0.1, 0.15) is 53.4 Å². The normalized spacial score (nSPS) is 42.0. The van der Waals surface area contributed by atoms with Crippen LogP contribution in [0.25, 0.3) is 0 Å². The van der Waals surface area contributed by atoms with Crippen molar-refractivity contribution in [3.05, 3.63) is 0 Å². The molecule has 1 nitrogen and oxygen atoms in total. The van der Waals surface area contributed by atoms with Crippen LogP contribution >= 0.6 is 7.92 Å². The molecule has 0 amide bonds. The molecule has 2 aliphatic rings. The average molecular weight is 241 g/mol. The molecule has 2 rings (SSSR count). The molecule has 2 fully saturated rings. The van der Waals surface area contributed by atoms with E-state index in [4.69, 9.17) is 0 Å². The van der Waals surface area contributed by atoms with Gasteiger partial charge in [0.15, 0.2) is 0 Å². The van der Waals surface area contributed by atoms with Gasteiger partial charge < -0.3 is 0 Å². The molecule has 0 spiro atoms. The maximum absolute atomic E-state index is 2.76. The zero-order chi connectivity index (χ0) is 11.7. The van der Waals surface area contributed by atoms with E-state index in [1.165, 1.54) is 38.4 Å². The van der Waals surface area contributed by atoms with Crippen molar-refractivity contribution in [2.24, 2.45) is 0 Å². The van der Waals surface area contributed by atoms with Crippen LogP contribution in [0.4, 0.5) is 0 Å². The summed E-state index contributed by atoms with van der Waals surface area (Å²) in [6, 6.07) is 1.69. The standard InChI is InChI=1S/C14H28NP/c1-11-5-6-12(2)15(11)9-10-16-13(3)7-8-14(16)4/h11-14H,5-10H2,1-4H3/t11-,12-,13+,14+/m1/s1. The third-order valence-corrected chi connectivity index (χ3v) is 8.38. The first-order chi connectivity index (χ1) is 7.59. The minimum absolute atomic E-state index is 0.337. The predicted octanol–water partition coefficient (Wildman–Crippen LogP) is 3.91. The zero-order valence-corrected chi connectivity index (χ0v) is 12.3. The zero-order valence-electron chi connectivity index (χ0n) is 11.4. The molecule has 0 aromatic carbocycles. The molecule has 0 radical (unpaired) electrons. The molecule has 0 unspecified atom stereocenters. The summed E-state index contributed by atoms with van der Waals surface area (Å²) < 4.78 is 0. The van der Waals surface area contributed by atoms with Gasteiger partial charge in [-0.2, -0.15) is 0 Å². The second kappa shape index (κ2) is 5.36. The minimum atomic E-state index is 0.337. The van der Waals surface area contributed by atoms with Gasteiger partial charge in [-0.1, -0.05) is 21.8 Å². The van der Waals surface area contributed by atoms with Crippen LogP contribution in [0, 0.1) is 0 Å². The first-order valence-electron chi connectivity index (χ1n) is 7.11. The molecular weight excluding hydrogens is 213 g/mol. The molecule has 0 aromatic heterocycles. The Hall–Kier alpha value is 0.390. The van der Waals surface area contributed by atoms with E-state index in [2.05, 4.69) is 32.6 Å². The van der Waals surface area contributed by atoms with Crippen molar-refractivity contribution in [3.63, 3.8) is 0 Å². The largest absolute Gasteiger partial charge is 0.298 e. The lowest BCUT2D eigenvalue weighted by molar-refractivity contribution is 0.228. The Morgan fingerprint density at radius 1 is 0.875 bits per heavy atom. The van der Waals surface area contributed by atoms with Gasteiger partial charge in [0.25, 0.3) is 0 Å². The first-order valence-corrected chi connectivity index (χ1v) is 8.77. The maximum Gasteiger partial charge on any atom is 0.00704 e. The minimum Gasteiger partial charge on any atom is -0.298 e. The van der Waals surface area contributed by atoms with E-state index in [0.29, 0.717) is 7.92 Å². The summed E-state index contributed by atoms with van der Waals surface area (Å²) in [6.07, 6.45) is 7.34. The lowest BCUT2D eigenvalue weighted by Gasteiger charge is -2.29. The van der Waals surface area contributed by atoms with Gasteiger partial charge in [-0.15, -0.1) is 0 Å². The molecular formula is C14H28NP. The van der Waals surface area contributed by atoms with Crippen molar-refractivity contribution in [1.82, 2.24) is 4.90 Å². The quantitative estimate of drug-likeness (QED) is 0.677. The maximum atomic E-state index is 2.76. The van der Waals surface area contributed by atoms with E-state index in [9.17, 15) is 0 Å². The number of hydrogen-bond donors (Lipinski definition) is 0. The lowest BCUT2D eigenvalue weighted by atomic mass is 10.2. The number of nitrogens with zero attached hydrogens (tertiary/aromatic N) is 1. The SMILES string of the molecule is C[C@@H]1CC[C@@H](C)N1CCP1[C@@H](C)CC[C@@H]1C. The Kier molecular flexibility index (Phi) is 4.30. The summed E-state index contributed by atoms with van der Waals surface area (Å²) in [5.41, 5.74) is 2.08. The van der Waals surface area contributed by atoms with Gasteiger partial charge in [-0.25, -0.2) is 0 Å². The highest BCUT2D eigenvalue weighted by molar-refractivity contribution is 7.59. The molecule has 16 heavy (non-hydrogen) atoms. The molecule has 0 aliphatic carbocycles. The number of likely N-dealkylation sites (tertiary alicyclic amines) is 1. The predicted molar refractivity (Wildman–Crippen MR) is 74.8 cm³/mol. The molecule has 0 aromatic rings.